The topological polar surface area (TPSA) is 70.8 Å². The van der Waals surface area contributed by atoms with Crippen molar-refractivity contribution in [2.75, 3.05) is 13.1 Å². The van der Waals surface area contributed by atoms with E-state index < -0.39 is 5.97 Å². The average Bonchev–Trinajstić information content (AvgIpc) is 3.06. The van der Waals surface area contributed by atoms with Gasteiger partial charge in [-0.1, -0.05) is 42.8 Å². The minimum absolute atomic E-state index is 0.0684. The number of rotatable bonds is 4. The number of amides is 1. The quantitative estimate of drug-likeness (QED) is 0.920. The molecule has 0 fully saturated rings. The molecule has 2 aromatic rings. The van der Waals surface area contributed by atoms with Crippen molar-refractivity contribution < 1.29 is 19.1 Å². The second-order valence-electron chi connectivity index (χ2n) is 6.21. The van der Waals surface area contributed by atoms with E-state index in [1.54, 1.807) is 11.8 Å². The number of aromatic carboxylic acids is 1. The van der Waals surface area contributed by atoms with Gasteiger partial charge in [-0.3, -0.25) is 4.79 Å². The lowest BCUT2D eigenvalue weighted by Crippen LogP contribution is -2.34. The number of furan rings is 1. The number of carbonyl (C=O) groups excluding carboxylic acids is 1. The van der Waals surface area contributed by atoms with Crippen LogP contribution in [-0.4, -0.2) is 35.0 Å². The Morgan fingerprint density at radius 3 is 2.64 bits per heavy atom. The van der Waals surface area contributed by atoms with Crippen LogP contribution < -0.4 is 0 Å². The van der Waals surface area contributed by atoms with E-state index in [9.17, 15) is 14.7 Å². The van der Waals surface area contributed by atoms with Gasteiger partial charge in [0.1, 0.15) is 11.3 Å². The zero-order chi connectivity index (χ0) is 18.0. The van der Waals surface area contributed by atoms with Crippen molar-refractivity contribution in [3.8, 4) is 0 Å². The van der Waals surface area contributed by atoms with E-state index in [1.165, 1.54) is 22.8 Å². The van der Waals surface area contributed by atoms with Gasteiger partial charge in [-0.25, -0.2) is 4.79 Å². The van der Waals surface area contributed by atoms with Crippen LogP contribution >= 0.6 is 0 Å². The van der Waals surface area contributed by atoms with Gasteiger partial charge in [0.25, 0.3) is 5.91 Å². The molecule has 0 saturated heterocycles. The van der Waals surface area contributed by atoms with E-state index >= 15 is 0 Å². The van der Waals surface area contributed by atoms with Crippen LogP contribution in [0.15, 0.2) is 40.8 Å². The summed E-state index contributed by atoms with van der Waals surface area (Å²) in [5.41, 5.74) is 3.69. The van der Waals surface area contributed by atoms with Crippen molar-refractivity contribution in [1.82, 2.24) is 4.90 Å². The average molecular weight is 339 g/mol. The molecule has 5 nitrogen and oxygen atoms in total. The summed E-state index contributed by atoms with van der Waals surface area (Å²) >= 11 is 0. The second kappa shape index (κ2) is 6.97. The SMILES string of the molecule is CCc1oc(C(=O)N2CC=C(c3cccc(C)c3)CC2)cc1C(=O)O. The van der Waals surface area contributed by atoms with Crippen LogP contribution in [0.1, 0.15) is 51.1 Å². The van der Waals surface area contributed by atoms with Gasteiger partial charge in [-0.15, -0.1) is 0 Å². The molecule has 0 atom stereocenters. The third-order valence-electron chi connectivity index (χ3n) is 4.46. The second-order valence-corrected chi connectivity index (χ2v) is 6.21. The molecule has 0 aliphatic carbocycles. The van der Waals surface area contributed by atoms with Crippen LogP contribution in [0, 0.1) is 6.92 Å². The molecule has 130 valence electrons. The molecule has 3 rings (SSSR count). The number of carboxylic acids is 1. The highest BCUT2D eigenvalue weighted by Crippen LogP contribution is 2.25. The lowest BCUT2D eigenvalue weighted by atomic mass is 9.98. The molecule has 1 aliphatic heterocycles. The number of hydrogen-bond acceptors (Lipinski definition) is 3. The first-order chi connectivity index (χ1) is 12.0. The van der Waals surface area contributed by atoms with Crippen LogP contribution in [0.25, 0.3) is 5.57 Å². The Kier molecular flexibility index (Phi) is 4.74. The fraction of sp³-hybridized carbons (Fsp3) is 0.300. The van der Waals surface area contributed by atoms with Crippen molar-refractivity contribution in [3.63, 3.8) is 0 Å². The Bertz CT molecular complexity index is 847. The molecule has 25 heavy (non-hydrogen) atoms. The standard InChI is InChI=1S/C20H21NO4/c1-3-17-16(20(23)24)12-18(25-17)19(22)21-9-7-14(8-10-21)15-6-4-5-13(2)11-15/h4-7,11-12H,3,8-10H2,1-2H3,(H,23,24). The minimum atomic E-state index is -1.07. The van der Waals surface area contributed by atoms with E-state index in [0.29, 0.717) is 25.3 Å². The highest BCUT2D eigenvalue weighted by Gasteiger charge is 2.25. The van der Waals surface area contributed by atoms with Crippen LogP contribution in [0.3, 0.4) is 0 Å². The number of carboxylic acid groups (broad SMARTS) is 1. The lowest BCUT2D eigenvalue weighted by Gasteiger charge is -2.26. The molecule has 1 aromatic carbocycles. The molecule has 0 spiro atoms. The molecule has 1 aromatic heterocycles. The molecule has 2 heterocycles. The molecule has 1 aliphatic rings. The van der Waals surface area contributed by atoms with Crippen LogP contribution in [0.2, 0.25) is 0 Å². The monoisotopic (exact) mass is 339 g/mol. The minimum Gasteiger partial charge on any atom is -0.478 e. The predicted octanol–water partition coefficient (Wildman–Crippen LogP) is 3.78. The van der Waals surface area contributed by atoms with Crippen LogP contribution in [0.4, 0.5) is 0 Å². The molecule has 0 saturated carbocycles. The third kappa shape index (κ3) is 3.50. The molecule has 5 heteroatoms. The van der Waals surface area contributed by atoms with Gasteiger partial charge in [0.15, 0.2) is 5.76 Å². The lowest BCUT2D eigenvalue weighted by molar-refractivity contribution is 0.0692. The molecule has 0 radical (unpaired) electrons. The van der Waals surface area contributed by atoms with Crippen molar-refractivity contribution in [3.05, 3.63) is 64.6 Å². The number of benzene rings is 1. The smallest absolute Gasteiger partial charge is 0.339 e. The fourth-order valence-electron chi connectivity index (χ4n) is 3.09. The Labute approximate surface area is 146 Å². The van der Waals surface area contributed by atoms with E-state index in [2.05, 4.69) is 31.2 Å². The van der Waals surface area contributed by atoms with Gasteiger partial charge < -0.3 is 14.4 Å². The summed E-state index contributed by atoms with van der Waals surface area (Å²) < 4.78 is 5.47. The fourth-order valence-corrected chi connectivity index (χ4v) is 3.09. The maximum atomic E-state index is 12.6. The van der Waals surface area contributed by atoms with E-state index in [-0.39, 0.29) is 17.2 Å². The van der Waals surface area contributed by atoms with Crippen molar-refractivity contribution >= 4 is 17.4 Å². The Morgan fingerprint density at radius 2 is 2.08 bits per heavy atom. The maximum Gasteiger partial charge on any atom is 0.339 e. The summed E-state index contributed by atoms with van der Waals surface area (Å²) in [7, 11) is 0. The first-order valence-corrected chi connectivity index (χ1v) is 8.41. The van der Waals surface area contributed by atoms with Crippen LogP contribution in [-0.2, 0) is 6.42 Å². The summed E-state index contributed by atoms with van der Waals surface area (Å²) in [6.07, 6.45) is 3.26. The van der Waals surface area contributed by atoms with Crippen molar-refractivity contribution in [1.29, 1.82) is 0 Å². The maximum absolute atomic E-state index is 12.6. The zero-order valence-electron chi connectivity index (χ0n) is 14.4. The summed E-state index contributed by atoms with van der Waals surface area (Å²) in [6, 6.07) is 9.65. The van der Waals surface area contributed by atoms with E-state index in [1.807, 2.05) is 6.07 Å². The Morgan fingerprint density at radius 1 is 1.28 bits per heavy atom. The number of nitrogens with zero attached hydrogens (tertiary/aromatic N) is 1. The Balaban J connectivity index is 1.76. The number of aryl methyl sites for hydroxylation is 2. The molecular weight excluding hydrogens is 318 g/mol. The van der Waals surface area contributed by atoms with Gasteiger partial charge in [0.2, 0.25) is 0 Å². The van der Waals surface area contributed by atoms with Gasteiger partial charge in [-0.05, 0) is 24.5 Å². The number of hydrogen-bond donors (Lipinski definition) is 1. The summed E-state index contributed by atoms with van der Waals surface area (Å²) in [4.78, 5) is 25.5. The third-order valence-corrected chi connectivity index (χ3v) is 4.46. The van der Waals surface area contributed by atoms with Gasteiger partial charge in [0, 0.05) is 25.6 Å². The summed E-state index contributed by atoms with van der Waals surface area (Å²) in [5.74, 6) is -0.896. The van der Waals surface area contributed by atoms with E-state index in [0.717, 1.165) is 6.42 Å². The molecule has 1 amide bonds. The highest BCUT2D eigenvalue weighted by molar-refractivity contribution is 5.96. The molecular formula is C20H21NO4. The largest absolute Gasteiger partial charge is 0.478 e. The zero-order valence-corrected chi connectivity index (χ0v) is 14.4. The number of carbonyl (C=O) groups is 2. The van der Waals surface area contributed by atoms with Crippen LogP contribution in [0.5, 0.6) is 0 Å². The molecule has 0 bridgehead atoms. The molecule has 0 unspecified atom stereocenters. The van der Waals surface area contributed by atoms with Gasteiger partial charge in [0.05, 0.1) is 0 Å². The van der Waals surface area contributed by atoms with Crippen molar-refractivity contribution in [2.24, 2.45) is 0 Å². The van der Waals surface area contributed by atoms with Gasteiger partial charge in [-0.2, -0.15) is 0 Å². The van der Waals surface area contributed by atoms with Gasteiger partial charge >= 0.3 is 5.97 Å². The first-order valence-electron chi connectivity index (χ1n) is 8.41. The normalized spacial score (nSPS) is 14.3. The highest BCUT2D eigenvalue weighted by atomic mass is 16.4. The molecule has 1 N–H and O–H groups in total. The van der Waals surface area contributed by atoms with E-state index in [4.69, 9.17) is 4.42 Å². The summed E-state index contributed by atoms with van der Waals surface area (Å²) in [5, 5.41) is 9.19. The first kappa shape index (κ1) is 17.0. The predicted molar refractivity (Wildman–Crippen MR) is 94.7 cm³/mol. The van der Waals surface area contributed by atoms with Crippen molar-refractivity contribution in [2.45, 2.75) is 26.7 Å². The summed E-state index contributed by atoms with van der Waals surface area (Å²) in [6.45, 7) is 4.94. The Hall–Kier alpha value is -2.82.